The van der Waals surface area contributed by atoms with E-state index >= 15 is 0 Å². The lowest BCUT2D eigenvalue weighted by Gasteiger charge is -2.15. The number of halogens is 1. The lowest BCUT2D eigenvalue weighted by molar-refractivity contribution is 0.218. The Morgan fingerprint density at radius 3 is 2.19 bits per heavy atom. The van der Waals surface area contributed by atoms with Gasteiger partial charge in [-0.05, 0) is 29.8 Å². The molecule has 0 amide bonds. The molecule has 0 saturated carbocycles. The fourth-order valence-corrected chi connectivity index (χ4v) is 2.87. The molecular weight excluding hydrogens is 295 g/mol. The highest BCUT2D eigenvalue weighted by Gasteiger charge is 2.25. The van der Waals surface area contributed by atoms with E-state index in [1.165, 1.54) is 0 Å². The summed E-state index contributed by atoms with van der Waals surface area (Å²) in [4.78, 5) is 8.08. The van der Waals surface area contributed by atoms with Crippen LogP contribution in [0.25, 0.3) is 0 Å². The maximum atomic E-state index is 12.1. The predicted octanol–water partition coefficient (Wildman–Crippen LogP) is 3.01. The van der Waals surface area contributed by atoms with E-state index in [-0.39, 0.29) is 6.16 Å². The molecule has 5 nitrogen and oxygen atoms in total. The van der Waals surface area contributed by atoms with Crippen molar-refractivity contribution in [3.8, 4) is 0 Å². The first kappa shape index (κ1) is 13.8. The van der Waals surface area contributed by atoms with Gasteiger partial charge < -0.3 is 9.05 Å². The highest BCUT2D eigenvalue weighted by Crippen LogP contribution is 2.50. The molecule has 0 bridgehead atoms. The molecule has 0 atom stereocenters. The van der Waals surface area contributed by atoms with E-state index in [4.69, 9.17) is 9.05 Å². The molecule has 1 heterocycles. The van der Waals surface area contributed by atoms with Gasteiger partial charge in [-0.15, -0.1) is 0 Å². The van der Waals surface area contributed by atoms with Crippen LogP contribution in [-0.4, -0.2) is 23.2 Å². The molecule has 16 heavy (non-hydrogen) atoms. The highest BCUT2D eigenvalue weighted by molar-refractivity contribution is 9.10. The van der Waals surface area contributed by atoms with Crippen LogP contribution in [0.4, 0.5) is 0 Å². The third-order valence-corrected chi connectivity index (χ3v) is 4.04. The van der Waals surface area contributed by atoms with Gasteiger partial charge in [0.15, 0.2) is 0 Å². The van der Waals surface area contributed by atoms with Crippen molar-refractivity contribution < 1.29 is 13.6 Å². The minimum absolute atomic E-state index is 0.0992. The number of nitrogens with zero attached hydrogens (tertiary/aromatic N) is 2. The Hall–Kier alpha value is -0.290. The number of aromatic nitrogens is 2. The Morgan fingerprint density at radius 2 is 1.75 bits per heavy atom. The predicted molar refractivity (Wildman–Crippen MR) is 64.3 cm³/mol. The number of rotatable bonds is 6. The summed E-state index contributed by atoms with van der Waals surface area (Å²) in [6.07, 6.45) is 3.30. The van der Waals surface area contributed by atoms with Gasteiger partial charge in [-0.3, -0.25) is 4.57 Å². The first-order valence-corrected chi connectivity index (χ1v) is 7.46. The summed E-state index contributed by atoms with van der Waals surface area (Å²) in [6.45, 7) is 4.23. The minimum Gasteiger partial charge on any atom is -0.309 e. The van der Waals surface area contributed by atoms with Crippen molar-refractivity contribution in [2.24, 2.45) is 0 Å². The van der Waals surface area contributed by atoms with E-state index in [9.17, 15) is 4.57 Å². The third-order valence-electron chi connectivity index (χ3n) is 1.66. The van der Waals surface area contributed by atoms with Gasteiger partial charge in [0.1, 0.15) is 12.0 Å². The minimum atomic E-state index is -3.10. The average molecular weight is 309 g/mol. The van der Waals surface area contributed by atoms with Crippen molar-refractivity contribution in [3.05, 3.63) is 22.7 Å². The average Bonchev–Trinajstić information content (AvgIpc) is 2.22. The summed E-state index contributed by atoms with van der Waals surface area (Å²) >= 11 is 3.23. The second-order valence-corrected chi connectivity index (χ2v) is 5.89. The monoisotopic (exact) mass is 308 g/mol. The van der Waals surface area contributed by atoms with Gasteiger partial charge in [0, 0.05) is 12.4 Å². The molecule has 1 aromatic heterocycles. The van der Waals surface area contributed by atoms with Gasteiger partial charge in [-0.25, -0.2) is 9.97 Å². The maximum absolute atomic E-state index is 12.1. The lowest BCUT2D eigenvalue weighted by atomic mass is 10.6. The van der Waals surface area contributed by atoms with E-state index in [0.717, 1.165) is 4.47 Å². The van der Waals surface area contributed by atoms with Crippen molar-refractivity contribution in [2.75, 3.05) is 13.2 Å². The van der Waals surface area contributed by atoms with Crippen LogP contribution in [0.15, 0.2) is 16.9 Å². The van der Waals surface area contributed by atoms with E-state index in [1.54, 1.807) is 26.2 Å². The van der Waals surface area contributed by atoms with Crippen molar-refractivity contribution in [1.82, 2.24) is 9.97 Å². The van der Waals surface area contributed by atoms with E-state index in [1.807, 2.05) is 0 Å². The molecule has 0 saturated heterocycles. The molecule has 0 unspecified atom stereocenters. The van der Waals surface area contributed by atoms with Crippen molar-refractivity contribution in [1.29, 1.82) is 0 Å². The SMILES string of the molecule is CCOP(=O)(Cc1ncc(Br)cn1)OCC. The highest BCUT2D eigenvalue weighted by atomic mass is 79.9. The molecular formula is C9H14BrN2O3P. The van der Waals surface area contributed by atoms with Crippen LogP contribution in [-0.2, 0) is 19.8 Å². The smallest absolute Gasteiger partial charge is 0.309 e. The topological polar surface area (TPSA) is 61.3 Å². The summed E-state index contributed by atoms with van der Waals surface area (Å²) in [5.74, 6) is 0.452. The van der Waals surface area contributed by atoms with Crippen LogP contribution >= 0.6 is 23.5 Å². The van der Waals surface area contributed by atoms with E-state index in [2.05, 4.69) is 25.9 Å². The van der Waals surface area contributed by atoms with Gasteiger partial charge >= 0.3 is 7.60 Å². The molecule has 0 aromatic carbocycles. The summed E-state index contributed by atoms with van der Waals surface area (Å²) in [5, 5.41) is 0. The van der Waals surface area contributed by atoms with Gasteiger partial charge in [0.25, 0.3) is 0 Å². The van der Waals surface area contributed by atoms with Crippen molar-refractivity contribution >= 4 is 23.5 Å². The zero-order valence-corrected chi connectivity index (χ0v) is 11.7. The fraction of sp³-hybridized carbons (Fsp3) is 0.556. The Morgan fingerprint density at radius 1 is 1.25 bits per heavy atom. The molecule has 90 valence electrons. The first-order chi connectivity index (χ1) is 7.59. The quantitative estimate of drug-likeness (QED) is 0.756. The Bertz CT molecular complexity index is 362. The maximum Gasteiger partial charge on any atom is 0.338 e. The normalized spacial score (nSPS) is 11.7. The van der Waals surface area contributed by atoms with E-state index in [0.29, 0.717) is 19.0 Å². The molecule has 0 N–H and O–H groups in total. The number of hydrogen-bond donors (Lipinski definition) is 0. The van der Waals surface area contributed by atoms with Gasteiger partial charge in [0.05, 0.1) is 17.7 Å². The first-order valence-electron chi connectivity index (χ1n) is 4.94. The molecule has 0 fully saturated rings. The molecule has 0 radical (unpaired) electrons. The van der Waals surface area contributed by atoms with Gasteiger partial charge in [-0.2, -0.15) is 0 Å². The van der Waals surface area contributed by atoms with Gasteiger partial charge in [-0.1, -0.05) is 0 Å². The Balaban J connectivity index is 2.75. The van der Waals surface area contributed by atoms with Crippen LogP contribution in [0.5, 0.6) is 0 Å². The fourth-order valence-electron chi connectivity index (χ4n) is 1.12. The van der Waals surface area contributed by atoms with Crippen molar-refractivity contribution in [2.45, 2.75) is 20.0 Å². The Labute approximate surface area is 103 Å². The van der Waals surface area contributed by atoms with Crippen LogP contribution in [0.1, 0.15) is 19.7 Å². The number of hydrogen-bond acceptors (Lipinski definition) is 5. The summed E-state index contributed by atoms with van der Waals surface area (Å²) in [6, 6.07) is 0. The van der Waals surface area contributed by atoms with Crippen LogP contribution in [0, 0.1) is 0 Å². The van der Waals surface area contributed by atoms with Gasteiger partial charge in [0.2, 0.25) is 0 Å². The molecule has 0 aliphatic heterocycles. The summed E-state index contributed by atoms with van der Waals surface area (Å²) in [5.41, 5.74) is 0. The summed E-state index contributed by atoms with van der Waals surface area (Å²) < 4.78 is 23.2. The summed E-state index contributed by atoms with van der Waals surface area (Å²) in [7, 11) is -3.10. The second-order valence-electron chi connectivity index (χ2n) is 2.92. The second kappa shape index (κ2) is 6.45. The van der Waals surface area contributed by atoms with Crippen molar-refractivity contribution in [3.63, 3.8) is 0 Å². The zero-order valence-electron chi connectivity index (χ0n) is 9.22. The molecule has 0 aliphatic rings. The third kappa shape index (κ3) is 4.29. The standard InChI is InChI=1S/C9H14BrN2O3P/c1-3-14-16(13,15-4-2)7-9-11-5-8(10)6-12-9/h5-6H,3-4,7H2,1-2H3. The van der Waals surface area contributed by atoms with Crippen LogP contribution in [0.2, 0.25) is 0 Å². The molecule has 1 rings (SSSR count). The van der Waals surface area contributed by atoms with Crippen LogP contribution < -0.4 is 0 Å². The molecule has 0 aliphatic carbocycles. The largest absolute Gasteiger partial charge is 0.338 e. The molecule has 0 spiro atoms. The Kier molecular flexibility index (Phi) is 5.55. The van der Waals surface area contributed by atoms with Crippen LogP contribution in [0.3, 0.4) is 0 Å². The molecule has 1 aromatic rings. The molecule has 7 heteroatoms. The lowest BCUT2D eigenvalue weighted by Crippen LogP contribution is -2.02. The zero-order chi connectivity index (χ0) is 12.0. The van der Waals surface area contributed by atoms with E-state index < -0.39 is 7.60 Å².